The van der Waals surface area contributed by atoms with Crippen LogP contribution in [0.4, 0.5) is 0 Å². The normalized spacial score (nSPS) is 17.8. The lowest BCUT2D eigenvalue weighted by Crippen LogP contribution is -2.51. The summed E-state index contributed by atoms with van der Waals surface area (Å²) >= 11 is 0. The number of nitrogens with one attached hydrogen (secondary N) is 4. The Kier molecular flexibility index (Phi) is 9.02. The van der Waals surface area contributed by atoms with Gasteiger partial charge < -0.3 is 20.9 Å². The van der Waals surface area contributed by atoms with Gasteiger partial charge in [-0.1, -0.05) is 38.1 Å². The second-order valence-electron chi connectivity index (χ2n) is 12.9. The summed E-state index contributed by atoms with van der Waals surface area (Å²) < 4.78 is 0. The third kappa shape index (κ3) is 6.04. The van der Waals surface area contributed by atoms with Crippen LogP contribution in [0.2, 0.25) is 0 Å². The van der Waals surface area contributed by atoms with Crippen molar-refractivity contribution >= 4 is 17.7 Å². The Morgan fingerprint density at radius 3 is 2.13 bits per heavy atom. The summed E-state index contributed by atoms with van der Waals surface area (Å²) in [6.07, 6.45) is 3.21. The molecule has 45 heavy (non-hydrogen) atoms. The number of amides is 3. The first-order chi connectivity index (χ1) is 21.5. The maximum Gasteiger partial charge on any atom is 0.251 e. The molecule has 1 unspecified atom stereocenters. The van der Waals surface area contributed by atoms with Gasteiger partial charge >= 0.3 is 0 Å². The van der Waals surface area contributed by atoms with Crippen molar-refractivity contribution in [2.45, 2.75) is 70.4 Å². The van der Waals surface area contributed by atoms with E-state index in [0.717, 1.165) is 28.7 Å². The molecule has 3 aromatic rings. The van der Waals surface area contributed by atoms with Gasteiger partial charge in [-0.15, -0.1) is 10.2 Å². The molecule has 0 bridgehead atoms. The van der Waals surface area contributed by atoms with E-state index in [4.69, 9.17) is 0 Å². The Balaban J connectivity index is 1.67. The quantitative estimate of drug-likeness (QED) is 0.301. The van der Waals surface area contributed by atoms with Gasteiger partial charge in [0.05, 0.1) is 18.0 Å². The highest BCUT2D eigenvalue weighted by atomic mass is 16.2. The highest BCUT2D eigenvalue weighted by Gasteiger charge is 2.48. The Hall–Kier alpha value is -4.63. The molecule has 2 heterocycles. The fourth-order valence-electron chi connectivity index (χ4n) is 6.82. The Morgan fingerprint density at radius 2 is 1.64 bits per heavy atom. The average molecular weight is 612 g/mol. The number of nitriles is 1. The molecule has 2 aliphatic rings. The van der Waals surface area contributed by atoms with E-state index >= 15 is 0 Å². The molecular formula is C33H41N9O3. The van der Waals surface area contributed by atoms with Gasteiger partial charge in [0, 0.05) is 37.8 Å². The molecule has 4 N–H and O–H groups in total. The topological polar surface area (TPSA) is 169 Å². The average Bonchev–Trinajstić information content (AvgIpc) is 3.74. The van der Waals surface area contributed by atoms with E-state index in [1.54, 1.807) is 19.0 Å². The first-order valence-electron chi connectivity index (χ1n) is 15.4. The van der Waals surface area contributed by atoms with Crippen LogP contribution in [-0.2, 0) is 23.1 Å². The molecule has 1 aromatic heterocycles. The molecule has 5 rings (SSSR count). The molecule has 0 saturated carbocycles. The monoisotopic (exact) mass is 611 g/mol. The highest BCUT2D eigenvalue weighted by Crippen LogP contribution is 2.48. The second-order valence-corrected chi connectivity index (χ2v) is 12.9. The van der Waals surface area contributed by atoms with Gasteiger partial charge in [0.1, 0.15) is 6.04 Å². The van der Waals surface area contributed by atoms with Gasteiger partial charge in [0.25, 0.3) is 11.8 Å². The summed E-state index contributed by atoms with van der Waals surface area (Å²) in [6.45, 7) is 7.01. The number of hydrogen-bond acceptors (Lipinski definition) is 8. The number of tetrazole rings is 1. The van der Waals surface area contributed by atoms with Crippen LogP contribution in [0, 0.1) is 16.7 Å². The molecule has 12 heteroatoms. The number of nitrogens with zero attached hydrogens (tertiary/aromatic N) is 5. The number of rotatable bonds is 8. The Morgan fingerprint density at radius 1 is 1.04 bits per heavy atom. The number of likely N-dealkylation sites (tertiary alicyclic amines) is 1. The van der Waals surface area contributed by atoms with Crippen molar-refractivity contribution in [3.05, 3.63) is 75.6 Å². The molecule has 1 aliphatic heterocycles. The summed E-state index contributed by atoms with van der Waals surface area (Å²) in [6, 6.07) is 13.1. The van der Waals surface area contributed by atoms with Crippen LogP contribution in [-0.4, -0.2) is 82.5 Å². The minimum absolute atomic E-state index is 0.0768. The van der Waals surface area contributed by atoms with Crippen LogP contribution >= 0.6 is 0 Å². The van der Waals surface area contributed by atoms with Crippen LogP contribution in [0.5, 0.6) is 0 Å². The molecule has 2 aromatic carbocycles. The van der Waals surface area contributed by atoms with Gasteiger partial charge in [-0.05, 0) is 84.0 Å². The third-order valence-corrected chi connectivity index (χ3v) is 9.28. The predicted molar refractivity (Wildman–Crippen MR) is 167 cm³/mol. The largest absolute Gasteiger partial charge is 0.355 e. The number of aromatic amines is 1. The van der Waals surface area contributed by atoms with E-state index in [9.17, 15) is 19.6 Å². The third-order valence-electron chi connectivity index (χ3n) is 9.28. The molecule has 1 fully saturated rings. The Labute approximate surface area is 263 Å². The summed E-state index contributed by atoms with van der Waals surface area (Å²) in [7, 11) is 3.21. The van der Waals surface area contributed by atoms with E-state index in [0.29, 0.717) is 49.2 Å². The molecule has 12 nitrogen and oxygen atoms in total. The van der Waals surface area contributed by atoms with E-state index in [2.05, 4.69) is 63.4 Å². The number of benzene rings is 2. The number of carbonyl (C=O) groups excluding carboxylic acids is 3. The van der Waals surface area contributed by atoms with E-state index in [1.165, 1.54) is 0 Å². The van der Waals surface area contributed by atoms with Gasteiger partial charge in [0.15, 0.2) is 5.82 Å². The number of fused-ring (bicyclic) bond motifs is 2. The van der Waals surface area contributed by atoms with Gasteiger partial charge in [-0.3, -0.25) is 14.4 Å². The fourth-order valence-corrected chi connectivity index (χ4v) is 6.82. The number of aryl methyl sites for hydroxylation is 2. The lowest BCUT2D eigenvalue weighted by Gasteiger charge is -2.41. The molecular weight excluding hydrogens is 570 g/mol. The minimum atomic E-state index is -0.951. The molecule has 0 radical (unpaired) electrons. The van der Waals surface area contributed by atoms with Gasteiger partial charge in [-0.25, -0.2) is 0 Å². The molecule has 236 valence electrons. The standard InChI is InChI=1S/C33H41N9O3/c1-32(2,3)27(37-19-28(43)42-14-6-7-24(42)18-34)17-33(31-38-40-41-39-31)25-12-10-22(29(44)35-4)15-20(25)8-9-21-16-23(30(45)36-5)11-13-26(21)33/h10-13,15-16,24,27,37H,6-9,14,17,19H2,1-5H3,(H,35,44)(H,36,45)(H,38,39,40,41)/t24?,27-/m1/s1. The SMILES string of the molecule is CNC(=O)c1ccc2c(c1)CCc1cc(C(=O)NC)ccc1C2(C[C@@H](NCC(=O)N1CCCC1C#N)C(C)(C)C)c1nn[nH]n1. The minimum Gasteiger partial charge on any atom is -0.355 e. The number of aromatic nitrogens is 4. The van der Waals surface area contributed by atoms with Crippen molar-refractivity contribution in [3.63, 3.8) is 0 Å². The maximum atomic E-state index is 13.4. The van der Waals surface area contributed by atoms with Crippen molar-refractivity contribution < 1.29 is 14.4 Å². The predicted octanol–water partition coefficient (Wildman–Crippen LogP) is 2.26. The number of H-pyrrole nitrogens is 1. The Bertz CT molecular complexity index is 1550. The van der Waals surface area contributed by atoms with E-state index in [-0.39, 0.29) is 35.7 Å². The summed E-state index contributed by atoms with van der Waals surface area (Å²) in [4.78, 5) is 40.4. The maximum absolute atomic E-state index is 13.4. The van der Waals surface area contributed by atoms with Crippen LogP contribution in [0.15, 0.2) is 36.4 Å². The number of hydrogen-bond donors (Lipinski definition) is 4. The second kappa shape index (κ2) is 12.8. The lowest BCUT2D eigenvalue weighted by atomic mass is 9.64. The molecule has 1 saturated heterocycles. The van der Waals surface area contributed by atoms with Crippen molar-refractivity contribution in [3.8, 4) is 6.07 Å². The first kappa shape index (κ1) is 31.8. The summed E-state index contributed by atoms with van der Waals surface area (Å²) in [5.74, 6) is -0.0123. The van der Waals surface area contributed by atoms with Crippen LogP contribution < -0.4 is 16.0 Å². The highest BCUT2D eigenvalue weighted by molar-refractivity contribution is 5.95. The van der Waals surface area contributed by atoms with E-state index < -0.39 is 11.5 Å². The molecule has 3 amide bonds. The van der Waals surface area contributed by atoms with E-state index in [1.807, 2.05) is 36.4 Å². The zero-order valence-electron chi connectivity index (χ0n) is 26.5. The van der Waals surface area contributed by atoms with Crippen LogP contribution in [0.1, 0.15) is 88.8 Å². The van der Waals surface area contributed by atoms with Crippen molar-refractivity contribution in [1.29, 1.82) is 5.26 Å². The van der Waals surface area contributed by atoms with Gasteiger partial charge in [0.2, 0.25) is 5.91 Å². The van der Waals surface area contributed by atoms with Crippen LogP contribution in [0.3, 0.4) is 0 Å². The first-order valence-corrected chi connectivity index (χ1v) is 15.4. The number of carbonyl (C=O) groups is 3. The van der Waals surface area contributed by atoms with Crippen molar-refractivity contribution in [2.75, 3.05) is 27.2 Å². The smallest absolute Gasteiger partial charge is 0.251 e. The van der Waals surface area contributed by atoms with Gasteiger partial charge in [-0.2, -0.15) is 10.5 Å². The zero-order chi connectivity index (χ0) is 32.4. The molecule has 0 spiro atoms. The van der Waals surface area contributed by atoms with Crippen molar-refractivity contribution in [2.24, 2.45) is 5.41 Å². The van der Waals surface area contributed by atoms with Crippen LogP contribution in [0.25, 0.3) is 0 Å². The lowest BCUT2D eigenvalue weighted by molar-refractivity contribution is -0.130. The molecule has 1 aliphatic carbocycles. The fraction of sp³-hybridized carbons (Fsp3) is 0.485. The van der Waals surface area contributed by atoms with Crippen molar-refractivity contribution in [1.82, 2.24) is 41.5 Å². The zero-order valence-corrected chi connectivity index (χ0v) is 26.5. The summed E-state index contributed by atoms with van der Waals surface area (Å²) in [5, 5.41) is 34.3. The summed E-state index contributed by atoms with van der Waals surface area (Å²) in [5.41, 5.74) is 3.63. The molecule has 2 atom stereocenters.